The predicted octanol–water partition coefficient (Wildman–Crippen LogP) is 5.91. The minimum Gasteiger partial charge on any atom is -0.385 e. The maximum absolute atomic E-state index is 6.26. The molecule has 4 rings (SSSR count). The number of nitrogens with one attached hydrogen (secondary N) is 1. The van der Waals surface area contributed by atoms with Gasteiger partial charge in [-0.2, -0.15) is 0 Å². The smallest absolute Gasteiger partial charge is 0.109 e. The van der Waals surface area contributed by atoms with Crippen molar-refractivity contribution in [1.29, 1.82) is 0 Å². The molecule has 0 amide bonds. The summed E-state index contributed by atoms with van der Waals surface area (Å²) in [7, 11) is 0. The van der Waals surface area contributed by atoms with Gasteiger partial charge >= 0.3 is 0 Å². The molecule has 0 saturated heterocycles. The highest BCUT2D eigenvalue weighted by molar-refractivity contribution is 9.10. The Morgan fingerprint density at radius 2 is 1.73 bits per heavy atom. The van der Waals surface area contributed by atoms with E-state index in [1.807, 2.05) is 12.1 Å². The molecule has 0 fully saturated rings. The normalized spacial score (nSPS) is 11.1. The second kappa shape index (κ2) is 5.30. The lowest BCUT2D eigenvalue weighted by atomic mass is 10.0. The average Bonchev–Trinajstić information content (AvgIpc) is 3.11. The Hall–Kier alpha value is -2.04. The third-order valence-corrected chi connectivity index (χ3v) is 5.27. The van der Waals surface area contributed by atoms with Crippen LogP contribution >= 0.6 is 27.3 Å². The quantitative estimate of drug-likeness (QED) is 0.453. The Labute approximate surface area is 140 Å². The second-order valence-electron chi connectivity index (χ2n) is 5.13. The molecule has 0 radical (unpaired) electrons. The van der Waals surface area contributed by atoms with Gasteiger partial charge in [0.05, 0.1) is 0 Å². The van der Waals surface area contributed by atoms with E-state index < -0.39 is 0 Å². The van der Waals surface area contributed by atoms with Crippen LogP contribution in [0.15, 0.2) is 64.5 Å². The molecule has 0 saturated carbocycles. The summed E-state index contributed by atoms with van der Waals surface area (Å²) >= 11 is 5.23. The summed E-state index contributed by atoms with van der Waals surface area (Å²) in [5.41, 5.74) is 10.8. The van der Waals surface area contributed by atoms with E-state index in [1.54, 1.807) is 11.3 Å². The maximum atomic E-state index is 6.26. The molecule has 0 spiro atoms. The third kappa shape index (κ3) is 2.16. The fourth-order valence-corrected chi connectivity index (χ4v) is 3.96. The summed E-state index contributed by atoms with van der Waals surface area (Å²) in [4.78, 5) is 4.52. The first kappa shape index (κ1) is 13.6. The standard InChI is InChI=1S/C18H13BrN2S/c19-12-7-5-11(6-8-12)17-14(9-10-22-17)16-13-3-1-2-4-15(13)21-18(16)20/h1-10,21H,20H2. The highest BCUT2D eigenvalue weighted by Gasteiger charge is 2.16. The van der Waals surface area contributed by atoms with E-state index in [0.717, 1.165) is 26.8 Å². The lowest BCUT2D eigenvalue weighted by molar-refractivity contribution is 1.47. The van der Waals surface area contributed by atoms with Crippen LogP contribution in [0.1, 0.15) is 0 Å². The summed E-state index contributed by atoms with van der Waals surface area (Å²) in [6, 6.07) is 18.8. The number of nitrogens with two attached hydrogens (primary N) is 1. The minimum atomic E-state index is 0.720. The minimum absolute atomic E-state index is 0.720. The van der Waals surface area contributed by atoms with Crippen molar-refractivity contribution >= 4 is 44.0 Å². The number of fused-ring (bicyclic) bond motifs is 1. The zero-order valence-corrected chi connectivity index (χ0v) is 14.0. The third-order valence-electron chi connectivity index (χ3n) is 3.78. The van der Waals surface area contributed by atoms with Gasteiger partial charge in [0.2, 0.25) is 0 Å². The Morgan fingerprint density at radius 1 is 0.955 bits per heavy atom. The molecule has 2 nitrogen and oxygen atoms in total. The number of halogens is 1. The molecule has 4 aromatic rings. The molecule has 2 heterocycles. The molecule has 0 atom stereocenters. The van der Waals surface area contributed by atoms with Gasteiger partial charge in [0, 0.05) is 31.4 Å². The number of benzene rings is 2. The molecular weight excluding hydrogens is 356 g/mol. The molecule has 0 bridgehead atoms. The largest absolute Gasteiger partial charge is 0.385 e. The van der Waals surface area contributed by atoms with E-state index >= 15 is 0 Å². The van der Waals surface area contributed by atoms with Gasteiger partial charge in [0.25, 0.3) is 0 Å². The summed E-state index contributed by atoms with van der Waals surface area (Å²) in [6.07, 6.45) is 0. The lowest BCUT2D eigenvalue weighted by Crippen LogP contribution is -1.87. The molecule has 0 aliphatic carbocycles. The molecule has 0 aliphatic rings. The molecule has 0 aliphatic heterocycles. The van der Waals surface area contributed by atoms with Crippen molar-refractivity contribution < 1.29 is 0 Å². The van der Waals surface area contributed by atoms with Crippen LogP contribution in [0, 0.1) is 0 Å². The Morgan fingerprint density at radius 3 is 2.55 bits per heavy atom. The fraction of sp³-hybridized carbons (Fsp3) is 0. The van der Waals surface area contributed by atoms with Crippen LogP contribution in [0.4, 0.5) is 5.82 Å². The molecule has 2 aromatic carbocycles. The zero-order valence-electron chi connectivity index (χ0n) is 11.6. The molecular formula is C18H13BrN2S. The van der Waals surface area contributed by atoms with Gasteiger partial charge in [-0.05, 0) is 35.2 Å². The topological polar surface area (TPSA) is 41.8 Å². The predicted molar refractivity (Wildman–Crippen MR) is 99.2 cm³/mol. The van der Waals surface area contributed by atoms with Crippen LogP contribution < -0.4 is 5.73 Å². The number of thiophene rings is 1. The van der Waals surface area contributed by atoms with Crippen molar-refractivity contribution in [2.45, 2.75) is 0 Å². The summed E-state index contributed by atoms with van der Waals surface area (Å²) in [6.45, 7) is 0. The van der Waals surface area contributed by atoms with Crippen LogP contribution in [0.25, 0.3) is 32.5 Å². The van der Waals surface area contributed by atoms with E-state index in [-0.39, 0.29) is 0 Å². The first-order chi connectivity index (χ1) is 10.7. The van der Waals surface area contributed by atoms with Crippen molar-refractivity contribution in [3.8, 4) is 21.6 Å². The highest BCUT2D eigenvalue weighted by atomic mass is 79.9. The van der Waals surface area contributed by atoms with Crippen molar-refractivity contribution in [1.82, 2.24) is 4.98 Å². The number of hydrogen-bond donors (Lipinski definition) is 2. The van der Waals surface area contributed by atoms with E-state index in [4.69, 9.17) is 5.73 Å². The van der Waals surface area contributed by atoms with Crippen molar-refractivity contribution in [3.63, 3.8) is 0 Å². The molecule has 22 heavy (non-hydrogen) atoms. The first-order valence-corrected chi connectivity index (χ1v) is 8.61. The van der Waals surface area contributed by atoms with E-state index in [9.17, 15) is 0 Å². The number of nitrogen functional groups attached to an aromatic ring is 1. The highest BCUT2D eigenvalue weighted by Crippen LogP contribution is 2.42. The number of H-pyrrole nitrogens is 1. The number of rotatable bonds is 2. The van der Waals surface area contributed by atoms with Gasteiger partial charge in [-0.15, -0.1) is 11.3 Å². The molecule has 3 N–H and O–H groups in total. The van der Waals surface area contributed by atoms with Crippen LogP contribution in [-0.2, 0) is 0 Å². The van der Waals surface area contributed by atoms with E-state index in [1.165, 1.54) is 16.0 Å². The maximum Gasteiger partial charge on any atom is 0.109 e. The lowest BCUT2D eigenvalue weighted by Gasteiger charge is -2.05. The first-order valence-electron chi connectivity index (χ1n) is 6.94. The molecule has 2 aromatic heterocycles. The van der Waals surface area contributed by atoms with E-state index in [0.29, 0.717) is 0 Å². The van der Waals surface area contributed by atoms with Gasteiger partial charge in [-0.1, -0.05) is 46.3 Å². The van der Waals surface area contributed by atoms with Gasteiger partial charge in [-0.3, -0.25) is 0 Å². The number of aromatic nitrogens is 1. The van der Waals surface area contributed by atoms with Crippen molar-refractivity contribution in [3.05, 3.63) is 64.5 Å². The van der Waals surface area contributed by atoms with Gasteiger partial charge in [0.15, 0.2) is 0 Å². The van der Waals surface area contributed by atoms with Crippen molar-refractivity contribution in [2.75, 3.05) is 5.73 Å². The van der Waals surface area contributed by atoms with Gasteiger partial charge in [0.1, 0.15) is 5.82 Å². The Bertz CT molecular complexity index is 951. The zero-order chi connectivity index (χ0) is 15.1. The van der Waals surface area contributed by atoms with Gasteiger partial charge < -0.3 is 10.7 Å². The SMILES string of the molecule is Nc1[nH]c2ccccc2c1-c1ccsc1-c1ccc(Br)cc1. The Balaban J connectivity index is 1.95. The van der Waals surface area contributed by atoms with Crippen LogP contribution in [0.3, 0.4) is 0 Å². The van der Waals surface area contributed by atoms with Crippen LogP contribution in [-0.4, -0.2) is 4.98 Å². The van der Waals surface area contributed by atoms with Crippen LogP contribution in [0.5, 0.6) is 0 Å². The number of para-hydroxylation sites is 1. The number of hydrogen-bond acceptors (Lipinski definition) is 2. The summed E-state index contributed by atoms with van der Waals surface area (Å²) in [5.74, 6) is 0.720. The second-order valence-corrected chi connectivity index (χ2v) is 6.96. The monoisotopic (exact) mass is 368 g/mol. The van der Waals surface area contributed by atoms with Crippen molar-refractivity contribution in [2.24, 2.45) is 0 Å². The van der Waals surface area contributed by atoms with E-state index in [2.05, 4.69) is 68.8 Å². The van der Waals surface area contributed by atoms with Gasteiger partial charge in [-0.25, -0.2) is 0 Å². The number of aromatic amines is 1. The molecule has 108 valence electrons. The summed E-state index contributed by atoms with van der Waals surface area (Å²) in [5, 5.41) is 3.28. The van der Waals surface area contributed by atoms with Crippen LogP contribution in [0.2, 0.25) is 0 Å². The molecule has 0 unspecified atom stereocenters. The molecule has 4 heteroatoms. The fourth-order valence-electron chi connectivity index (χ4n) is 2.78. The average molecular weight is 369 g/mol. The number of anilines is 1. The Kier molecular flexibility index (Phi) is 3.28. The summed E-state index contributed by atoms with van der Waals surface area (Å²) < 4.78 is 1.08.